The molecule has 0 fully saturated rings. The number of carbonyl (C=O) groups is 1. The first-order chi connectivity index (χ1) is 9.56. The lowest BCUT2D eigenvalue weighted by atomic mass is 10.1. The zero-order valence-corrected chi connectivity index (χ0v) is 11.5. The first kappa shape index (κ1) is 13.7. The van der Waals surface area contributed by atoms with E-state index in [2.05, 4.69) is 20.6 Å². The van der Waals surface area contributed by atoms with Crippen LogP contribution in [0.5, 0.6) is 0 Å². The molecule has 0 aromatic carbocycles. The Hall–Kier alpha value is -2.75. The van der Waals surface area contributed by atoms with Crippen LogP contribution >= 0.6 is 0 Å². The van der Waals surface area contributed by atoms with Crippen molar-refractivity contribution in [1.82, 2.24) is 20.0 Å². The smallest absolute Gasteiger partial charge is 0.258 e. The van der Waals surface area contributed by atoms with E-state index in [0.29, 0.717) is 34.8 Å². The first-order valence-corrected chi connectivity index (χ1v) is 6.13. The monoisotopic (exact) mass is 270 g/mol. The molecule has 20 heavy (non-hydrogen) atoms. The van der Waals surface area contributed by atoms with E-state index in [1.807, 2.05) is 13.0 Å². The molecule has 0 unspecified atom stereocenters. The summed E-state index contributed by atoms with van der Waals surface area (Å²) in [6.07, 6.45) is 2.01. The fraction of sp³-hybridized carbons (Fsp3) is 0.308. The second-order valence-corrected chi connectivity index (χ2v) is 4.30. The normalized spacial score (nSPS) is 10.1. The zero-order chi connectivity index (χ0) is 14.7. The summed E-state index contributed by atoms with van der Waals surface area (Å²) in [6.45, 7) is 3.68. The summed E-state index contributed by atoms with van der Waals surface area (Å²) >= 11 is 0. The van der Waals surface area contributed by atoms with Crippen molar-refractivity contribution in [3.8, 4) is 6.07 Å². The third-order valence-corrected chi connectivity index (χ3v) is 2.86. The first-order valence-electron chi connectivity index (χ1n) is 6.13. The highest BCUT2D eigenvalue weighted by Crippen LogP contribution is 2.15. The summed E-state index contributed by atoms with van der Waals surface area (Å²) in [7, 11) is 1.66. The van der Waals surface area contributed by atoms with E-state index in [9.17, 15) is 4.79 Å². The zero-order valence-electron chi connectivity index (χ0n) is 11.5. The quantitative estimate of drug-likeness (QED) is 0.904. The molecule has 0 aliphatic rings. The molecule has 0 aliphatic carbocycles. The summed E-state index contributed by atoms with van der Waals surface area (Å²) < 4.78 is 1.45. The highest BCUT2D eigenvalue weighted by atomic mass is 16.1. The number of rotatable bonds is 3. The van der Waals surface area contributed by atoms with Crippen molar-refractivity contribution in [2.75, 3.05) is 5.32 Å². The molecule has 0 saturated heterocycles. The van der Waals surface area contributed by atoms with Crippen molar-refractivity contribution >= 4 is 11.7 Å². The number of hydrogen-bond acceptors (Lipinski definition) is 5. The lowest BCUT2D eigenvalue weighted by Crippen LogP contribution is -2.18. The maximum absolute atomic E-state index is 12.3. The van der Waals surface area contributed by atoms with E-state index >= 15 is 0 Å². The van der Waals surface area contributed by atoms with Gasteiger partial charge in [-0.2, -0.15) is 20.6 Å². The molecule has 2 aromatic rings. The number of aromatic nitrogens is 4. The van der Waals surface area contributed by atoms with Gasteiger partial charge in [0.25, 0.3) is 5.91 Å². The van der Waals surface area contributed by atoms with Gasteiger partial charge in [0.15, 0.2) is 0 Å². The molecule has 0 radical (unpaired) electrons. The summed E-state index contributed by atoms with van der Waals surface area (Å²) in [4.78, 5) is 12.3. The lowest BCUT2D eigenvalue weighted by molar-refractivity contribution is 0.102. The van der Waals surface area contributed by atoms with Gasteiger partial charge in [-0.15, -0.1) is 0 Å². The van der Waals surface area contributed by atoms with Gasteiger partial charge in [0.2, 0.25) is 0 Å². The van der Waals surface area contributed by atoms with Gasteiger partial charge in [0.1, 0.15) is 17.5 Å². The number of nitrogens with zero attached hydrogens (tertiary/aromatic N) is 5. The van der Waals surface area contributed by atoms with E-state index < -0.39 is 0 Å². The van der Waals surface area contributed by atoms with Gasteiger partial charge in [0.05, 0.1) is 23.1 Å². The third kappa shape index (κ3) is 2.49. The molecule has 0 aliphatic heterocycles. The maximum atomic E-state index is 12.3. The molecular weight excluding hydrogens is 256 g/mol. The number of anilines is 1. The Morgan fingerprint density at radius 1 is 1.50 bits per heavy atom. The van der Waals surface area contributed by atoms with Crippen molar-refractivity contribution in [1.29, 1.82) is 5.26 Å². The van der Waals surface area contributed by atoms with Gasteiger partial charge in [0, 0.05) is 7.05 Å². The molecule has 2 aromatic heterocycles. The number of carbonyl (C=O) groups excluding carboxylic acids is 1. The predicted molar refractivity (Wildman–Crippen MR) is 72.0 cm³/mol. The third-order valence-electron chi connectivity index (χ3n) is 2.86. The Bertz CT molecular complexity index is 697. The van der Waals surface area contributed by atoms with E-state index in [0.717, 1.165) is 0 Å². The molecule has 0 bridgehead atoms. The maximum Gasteiger partial charge on any atom is 0.258 e. The van der Waals surface area contributed by atoms with Crippen molar-refractivity contribution in [2.24, 2.45) is 7.05 Å². The van der Waals surface area contributed by atoms with Crippen LogP contribution in [0.15, 0.2) is 12.3 Å². The second kappa shape index (κ2) is 5.48. The van der Waals surface area contributed by atoms with Crippen LogP contribution in [0.4, 0.5) is 5.82 Å². The van der Waals surface area contributed by atoms with E-state index in [1.54, 1.807) is 20.0 Å². The minimum atomic E-state index is -0.319. The van der Waals surface area contributed by atoms with Crippen molar-refractivity contribution in [2.45, 2.75) is 20.3 Å². The molecule has 1 amide bonds. The van der Waals surface area contributed by atoms with Crippen LogP contribution in [-0.4, -0.2) is 25.9 Å². The fourth-order valence-electron chi connectivity index (χ4n) is 1.81. The Labute approximate surface area is 116 Å². The summed E-state index contributed by atoms with van der Waals surface area (Å²) in [6, 6.07) is 3.67. The minimum Gasteiger partial charge on any atom is -0.306 e. The molecule has 0 atom stereocenters. The van der Waals surface area contributed by atoms with Crippen LogP contribution in [0.1, 0.15) is 34.2 Å². The number of nitriles is 1. The Kier molecular flexibility index (Phi) is 3.75. The average molecular weight is 270 g/mol. The van der Waals surface area contributed by atoms with Gasteiger partial charge in [-0.05, 0) is 19.4 Å². The second-order valence-electron chi connectivity index (χ2n) is 4.30. The minimum absolute atomic E-state index is 0.317. The molecule has 102 valence electrons. The molecular formula is C13H14N6O. The number of amides is 1. The van der Waals surface area contributed by atoms with Crippen LogP contribution in [0.2, 0.25) is 0 Å². The van der Waals surface area contributed by atoms with Gasteiger partial charge in [-0.3, -0.25) is 9.48 Å². The fourth-order valence-corrected chi connectivity index (χ4v) is 1.81. The van der Waals surface area contributed by atoms with Gasteiger partial charge in [-0.25, -0.2) is 0 Å². The molecule has 7 nitrogen and oxygen atoms in total. The van der Waals surface area contributed by atoms with E-state index in [4.69, 9.17) is 5.26 Å². The number of nitrogens with one attached hydrogen (secondary N) is 1. The van der Waals surface area contributed by atoms with Crippen LogP contribution < -0.4 is 5.32 Å². The largest absolute Gasteiger partial charge is 0.306 e. The number of aryl methyl sites for hydroxylation is 3. The van der Waals surface area contributed by atoms with Crippen LogP contribution in [0.25, 0.3) is 0 Å². The van der Waals surface area contributed by atoms with Gasteiger partial charge >= 0.3 is 0 Å². The lowest BCUT2D eigenvalue weighted by Gasteiger charge is -2.09. The summed E-state index contributed by atoms with van der Waals surface area (Å²) in [5.74, 6) is 0.0500. The molecule has 2 heterocycles. The summed E-state index contributed by atoms with van der Waals surface area (Å²) in [5.41, 5.74) is 2.06. The molecule has 0 spiro atoms. The highest BCUT2D eigenvalue weighted by Gasteiger charge is 2.17. The van der Waals surface area contributed by atoms with Crippen molar-refractivity contribution in [3.05, 3.63) is 34.8 Å². The average Bonchev–Trinajstić information content (AvgIpc) is 2.79. The topological polar surface area (TPSA) is 96.5 Å². The SMILES string of the molecule is CCc1nnc(C)cc1C(=O)Nc1c(C#N)cnn1C. The van der Waals surface area contributed by atoms with Crippen LogP contribution in [0, 0.1) is 18.3 Å². The Morgan fingerprint density at radius 3 is 2.90 bits per heavy atom. The molecule has 0 saturated carbocycles. The van der Waals surface area contributed by atoms with Crippen LogP contribution in [-0.2, 0) is 13.5 Å². The van der Waals surface area contributed by atoms with E-state index in [1.165, 1.54) is 10.9 Å². The number of hydrogen-bond donors (Lipinski definition) is 1. The Morgan fingerprint density at radius 2 is 2.25 bits per heavy atom. The molecule has 2 rings (SSSR count). The van der Waals surface area contributed by atoms with E-state index in [-0.39, 0.29) is 5.91 Å². The predicted octanol–water partition coefficient (Wildman–Crippen LogP) is 1.20. The highest BCUT2D eigenvalue weighted by molar-refractivity contribution is 6.05. The van der Waals surface area contributed by atoms with Crippen molar-refractivity contribution in [3.63, 3.8) is 0 Å². The molecule has 7 heteroatoms. The van der Waals surface area contributed by atoms with Gasteiger partial charge < -0.3 is 5.32 Å². The molecule has 1 N–H and O–H groups in total. The Balaban J connectivity index is 2.36. The van der Waals surface area contributed by atoms with Crippen molar-refractivity contribution < 1.29 is 4.79 Å². The summed E-state index contributed by atoms with van der Waals surface area (Å²) in [5, 5.41) is 23.6. The van der Waals surface area contributed by atoms with Crippen LogP contribution in [0.3, 0.4) is 0 Å². The standard InChI is InChI=1S/C13H14N6O/c1-4-11-10(5-8(2)17-18-11)13(20)16-12-9(6-14)7-15-19(12)3/h5,7H,4H2,1-3H3,(H,16,20). The van der Waals surface area contributed by atoms with Gasteiger partial charge in [-0.1, -0.05) is 6.92 Å².